The van der Waals surface area contributed by atoms with Gasteiger partial charge in [0, 0.05) is 21.7 Å². The van der Waals surface area contributed by atoms with Crippen LogP contribution in [0.4, 0.5) is 0 Å². The van der Waals surface area contributed by atoms with Crippen molar-refractivity contribution in [3.63, 3.8) is 0 Å². The lowest BCUT2D eigenvalue weighted by atomic mass is 10.1. The molecule has 1 atom stereocenters. The molecule has 0 amide bonds. The minimum absolute atomic E-state index is 0.336. The van der Waals surface area contributed by atoms with Gasteiger partial charge in [-0.1, -0.05) is 41.4 Å². The van der Waals surface area contributed by atoms with Crippen molar-refractivity contribution in [2.45, 2.75) is 17.9 Å². The zero-order valence-electron chi connectivity index (χ0n) is 11.2. The summed E-state index contributed by atoms with van der Waals surface area (Å²) in [7, 11) is 2.00. The van der Waals surface area contributed by atoms with Gasteiger partial charge < -0.3 is 5.32 Å². The van der Waals surface area contributed by atoms with E-state index in [1.165, 1.54) is 16.0 Å². The van der Waals surface area contributed by atoms with Crippen molar-refractivity contribution in [2.24, 2.45) is 0 Å². The normalized spacial score (nSPS) is 12.4. The van der Waals surface area contributed by atoms with Gasteiger partial charge >= 0.3 is 0 Å². The van der Waals surface area contributed by atoms with E-state index in [2.05, 4.69) is 48.6 Å². The van der Waals surface area contributed by atoms with Crippen molar-refractivity contribution in [1.29, 1.82) is 0 Å². The van der Waals surface area contributed by atoms with Gasteiger partial charge in [-0.15, -0.1) is 11.8 Å². The molecule has 2 rings (SSSR count). The number of aryl methyl sites for hydroxylation is 1. The molecule has 0 heterocycles. The number of hydrogen-bond acceptors (Lipinski definition) is 2. The third-order valence-corrected chi connectivity index (χ3v) is 4.37. The Morgan fingerprint density at radius 1 is 1.16 bits per heavy atom. The van der Waals surface area contributed by atoms with Crippen LogP contribution in [-0.4, -0.2) is 12.8 Å². The molecule has 3 heteroatoms. The maximum Gasteiger partial charge on any atom is 0.0412 e. The molecular formula is C16H18ClNS. The van der Waals surface area contributed by atoms with Crippen molar-refractivity contribution >= 4 is 23.4 Å². The van der Waals surface area contributed by atoms with Crippen LogP contribution in [-0.2, 0) is 0 Å². The summed E-state index contributed by atoms with van der Waals surface area (Å²) in [6.45, 7) is 2.12. The molecule has 1 N–H and O–H groups in total. The molecule has 1 nitrogen and oxygen atoms in total. The summed E-state index contributed by atoms with van der Waals surface area (Å²) in [5.41, 5.74) is 2.57. The fraction of sp³-hybridized carbons (Fsp3) is 0.250. The molecule has 1 unspecified atom stereocenters. The van der Waals surface area contributed by atoms with E-state index in [1.807, 2.05) is 30.9 Å². The topological polar surface area (TPSA) is 12.0 Å². The highest BCUT2D eigenvalue weighted by atomic mass is 35.5. The van der Waals surface area contributed by atoms with Crippen LogP contribution < -0.4 is 5.32 Å². The zero-order valence-corrected chi connectivity index (χ0v) is 12.8. The van der Waals surface area contributed by atoms with Crippen molar-refractivity contribution in [2.75, 3.05) is 12.8 Å². The largest absolute Gasteiger partial charge is 0.312 e. The Morgan fingerprint density at radius 3 is 2.53 bits per heavy atom. The fourth-order valence-electron chi connectivity index (χ4n) is 1.93. The third-order valence-electron chi connectivity index (χ3n) is 3.03. The van der Waals surface area contributed by atoms with Crippen molar-refractivity contribution in [3.05, 3.63) is 64.7 Å². The second kappa shape index (κ2) is 6.99. The first-order valence-corrected chi connectivity index (χ1v) is 7.67. The van der Waals surface area contributed by atoms with Crippen LogP contribution in [0.2, 0.25) is 5.02 Å². The van der Waals surface area contributed by atoms with Crippen molar-refractivity contribution < 1.29 is 0 Å². The highest BCUT2D eigenvalue weighted by molar-refractivity contribution is 7.99. The van der Waals surface area contributed by atoms with Crippen LogP contribution in [0.25, 0.3) is 0 Å². The van der Waals surface area contributed by atoms with Gasteiger partial charge in [0.25, 0.3) is 0 Å². The second-order valence-corrected chi connectivity index (χ2v) is 6.05. The SMILES string of the molecule is CNC(CSc1cccc(C)c1)c1ccc(Cl)cc1. The van der Waals surface area contributed by atoms with Crippen molar-refractivity contribution in [1.82, 2.24) is 5.32 Å². The van der Waals surface area contributed by atoms with E-state index < -0.39 is 0 Å². The van der Waals surface area contributed by atoms with Crippen LogP contribution >= 0.6 is 23.4 Å². The quantitative estimate of drug-likeness (QED) is 0.801. The highest BCUT2D eigenvalue weighted by Gasteiger charge is 2.09. The van der Waals surface area contributed by atoms with Gasteiger partial charge in [0.2, 0.25) is 0 Å². The molecule has 0 aliphatic heterocycles. The maximum absolute atomic E-state index is 5.92. The summed E-state index contributed by atoms with van der Waals surface area (Å²) < 4.78 is 0. The average molecular weight is 292 g/mol. The number of nitrogens with one attached hydrogen (secondary N) is 1. The number of hydrogen-bond donors (Lipinski definition) is 1. The number of rotatable bonds is 5. The van der Waals surface area contributed by atoms with Crippen LogP contribution in [0.3, 0.4) is 0 Å². The van der Waals surface area contributed by atoms with Crippen LogP contribution in [0.1, 0.15) is 17.2 Å². The lowest BCUT2D eigenvalue weighted by Crippen LogP contribution is -2.18. The molecule has 0 saturated heterocycles. The summed E-state index contributed by atoms with van der Waals surface area (Å²) in [6, 6.07) is 17.0. The summed E-state index contributed by atoms with van der Waals surface area (Å²) in [6.07, 6.45) is 0. The van der Waals surface area contributed by atoms with E-state index in [9.17, 15) is 0 Å². The molecular weight excluding hydrogens is 274 g/mol. The van der Waals surface area contributed by atoms with Gasteiger partial charge in [-0.2, -0.15) is 0 Å². The zero-order chi connectivity index (χ0) is 13.7. The minimum Gasteiger partial charge on any atom is -0.312 e. The van der Waals surface area contributed by atoms with Gasteiger partial charge in [-0.3, -0.25) is 0 Å². The maximum atomic E-state index is 5.92. The standard InChI is InChI=1S/C16H18ClNS/c1-12-4-3-5-15(10-12)19-11-16(18-2)13-6-8-14(17)9-7-13/h3-10,16,18H,11H2,1-2H3. The first-order chi connectivity index (χ1) is 9.19. The molecule has 0 spiro atoms. The van der Waals surface area contributed by atoms with Gasteiger partial charge in [-0.05, 0) is 43.8 Å². The summed E-state index contributed by atoms with van der Waals surface area (Å²) in [4.78, 5) is 1.31. The first kappa shape index (κ1) is 14.4. The van der Waals surface area contributed by atoms with Crippen molar-refractivity contribution in [3.8, 4) is 0 Å². The fourth-order valence-corrected chi connectivity index (χ4v) is 3.21. The Hall–Kier alpha value is -0.960. The summed E-state index contributed by atoms with van der Waals surface area (Å²) >= 11 is 7.80. The molecule has 0 fully saturated rings. The van der Waals surface area contributed by atoms with Crippen LogP contribution in [0.5, 0.6) is 0 Å². The molecule has 0 aliphatic carbocycles. The molecule has 0 aromatic heterocycles. The Labute approximate surface area is 124 Å². The molecule has 0 bridgehead atoms. The lowest BCUT2D eigenvalue weighted by Gasteiger charge is -2.16. The molecule has 100 valence electrons. The number of thioether (sulfide) groups is 1. The Morgan fingerprint density at radius 2 is 1.89 bits per heavy atom. The predicted octanol–water partition coefficient (Wildman–Crippen LogP) is 4.70. The van der Waals surface area contributed by atoms with Crippen LogP contribution in [0.15, 0.2) is 53.4 Å². The third kappa shape index (κ3) is 4.27. The smallest absolute Gasteiger partial charge is 0.0412 e. The molecule has 0 saturated carbocycles. The Kier molecular flexibility index (Phi) is 5.32. The first-order valence-electron chi connectivity index (χ1n) is 6.31. The molecule has 2 aromatic rings. The minimum atomic E-state index is 0.336. The lowest BCUT2D eigenvalue weighted by molar-refractivity contribution is 0.662. The molecule has 19 heavy (non-hydrogen) atoms. The van der Waals surface area contributed by atoms with Gasteiger partial charge in [-0.25, -0.2) is 0 Å². The predicted molar refractivity (Wildman–Crippen MR) is 85.2 cm³/mol. The van der Waals surface area contributed by atoms with Crippen LogP contribution in [0, 0.1) is 6.92 Å². The summed E-state index contributed by atoms with van der Waals surface area (Å²) in [5, 5.41) is 4.14. The van der Waals surface area contributed by atoms with Gasteiger partial charge in [0.05, 0.1) is 0 Å². The Bertz CT molecular complexity index is 525. The number of halogens is 1. The molecule has 0 radical (unpaired) electrons. The summed E-state index contributed by atoms with van der Waals surface area (Å²) in [5.74, 6) is 1.00. The van der Waals surface area contributed by atoms with E-state index in [4.69, 9.17) is 11.6 Å². The van der Waals surface area contributed by atoms with E-state index in [0.29, 0.717) is 6.04 Å². The monoisotopic (exact) mass is 291 g/mol. The molecule has 0 aliphatic rings. The average Bonchev–Trinajstić information content (AvgIpc) is 2.41. The van der Waals surface area contributed by atoms with Gasteiger partial charge in [0.15, 0.2) is 0 Å². The highest BCUT2D eigenvalue weighted by Crippen LogP contribution is 2.25. The van der Waals surface area contributed by atoms with Gasteiger partial charge in [0.1, 0.15) is 0 Å². The number of benzene rings is 2. The van der Waals surface area contributed by atoms with E-state index in [0.717, 1.165) is 10.8 Å². The molecule has 2 aromatic carbocycles. The van der Waals surface area contributed by atoms with E-state index in [1.54, 1.807) is 0 Å². The van der Waals surface area contributed by atoms with E-state index >= 15 is 0 Å². The van der Waals surface area contributed by atoms with E-state index in [-0.39, 0.29) is 0 Å². The second-order valence-electron chi connectivity index (χ2n) is 4.52. The Balaban J connectivity index is 2.01.